The van der Waals surface area contributed by atoms with Crippen LogP contribution in [0.1, 0.15) is 33.2 Å². The minimum absolute atomic E-state index is 0.145. The van der Waals surface area contributed by atoms with Crippen molar-refractivity contribution in [1.82, 2.24) is 5.32 Å². The van der Waals surface area contributed by atoms with E-state index in [-0.39, 0.29) is 12.1 Å². The molecule has 20 heavy (non-hydrogen) atoms. The maximum Gasteiger partial charge on any atom is 0.256 e. The topological polar surface area (TPSA) is 41.1 Å². The lowest BCUT2D eigenvalue weighted by molar-refractivity contribution is 0.0936. The molecule has 0 aromatic heterocycles. The fraction of sp³-hybridized carbons (Fsp3) is 0.188. The van der Waals surface area contributed by atoms with Gasteiger partial charge < -0.3 is 10.6 Å². The molecular formula is C16H15ClN2O. The Hall–Kier alpha value is -2.00. The van der Waals surface area contributed by atoms with Gasteiger partial charge in [-0.2, -0.15) is 0 Å². The van der Waals surface area contributed by atoms with E-state index in [4.69, 9.17) is 11.6 Å². The summed E-state index contributed by atoms with van der Waals surface area (Å²) in [5, 5.41) is 6.74. The average Bonchev–Trinajstić information content (AvgIpc) is 2.37. The Morgan fingerprint density at radius 2 is 1.75 bits per heavy atom. The molecule has 1 aliphatic rings. The summed E-state index contributed by atoms with van der Waals surface area (Å²) in [5.41, 5.74) is 4.67. The molecule has 1 amide bonds. The van der Waals surface area contributed by atoms with Crippen LogP contribution >= 0.6 is 11.6 Å². The van der Waals surface area contributed by atoms with Gasteiger partial charge in [-0.25, -0.2) is 0 Å². The summed E-state index contributed by atoms with van der Waals surface area (Å²) < 4.78 is 0. The summed E-state index contributed by atoms with van der Waals surface area (Å²) in [7, 11) is 0. The van der Waals surface area contributed by atoms with Crippen molar-refractivity contribution in [3.63, 3.8) is 0 Å². The highest BCUT2D eigenvalue weighted by atomic mass is 35.5. The second-order valence-electron chi connectivity index (χ2n) is 5.13. The van der Waals surface area contributed by atoms with E-state index >= 15 is 0 Å². The largest absolute Gasteiger partial charge is 0.361 e. The van der Waals surface area contributed by atoms with Gasteiger partial charge in [-0.3, -0.25) is 4.79 Å². The number of hydrogen-bond donors (Lipinski definition) is 2. The summed E-state index contributed by atoms with van der Waals surface area (Å²) in [6.07, 6.45) is -0.230. The number of fused-ring (bicyclic) bond motifs is 1. The average molecular weight is 287 g/mol. The number of aryl methyl sites for hydroxylation is 2. The SMILES string of the molecule is Cc1cc(C)cc(C2NC(=O)c3c(Cl)cccc3N2)c1. The second kappa shape index (κ2) is 4.84. The first kappa shape index (κ1) is 13.0. The van der Waals surface area contributed by atoms with Gasteiger partial charge in [-0.15, -0.1) is 0 Å². The van der Waals surface area contributed by atoms with Crippen molar-refractivity contribution in [2.24, 2.45) is 0 Å². The first-order valence-corrected chi connectivity index (χ1v) is 6.86. The van der Waals surface area contributed by atoms with E-state index in [9.17, 15) is 4.79 Å². The van der Waals surface area contributed by atoms with Crippen molar-refractivity contribution in [1.29, 1.82) is 0 Å². The predicted octanol–water partition coefficient (Wildman–Crippen LogP) is 3.81. The molecule has 102 valence electrons. The fourth-order valence-electron chi connectivity index (χ4n) is 2.61. The van der Waals surface area contributed by atoms with Crippen LogP contribution in [0.2, 0.25) is 5.02 Å². The number of hydrogen-bond acceptors (Lipinski definition) is 2. The summed E-state index contributed by atoms with van der Waals surface area (Å²) in [4.78, 5) is 12.2. The summed E-state index contributed by atoms with van der Waals surface area (Å²) in [5.74, 6) is -0.145. The molecule has 4 heteroatoms. The number of halogens is 1. The van der Waals surface area contributed by atoms with Gasteiger partial charge in [0.25, 0.3) is 5.91 Å². The second-order valence-corrected chi connectivity index (χ2v) is 5.54. The molecule has 0 spiro atoms. The Labute approximate surface area is 123 Å². The van der Waals surface area contributed by atoms with E-state index in [0.717, 1.165) is 11.3 Å². The monoisotopic (exact) mass is 286 g/mol. The Bertz CT molecular complexity index is 677. The zero-order valence-corrected chi connectivity index (χ0v) is 12.1. The molecule has 0 bridgehead atoms. The quantitative estimate of drug-likeness (QED) is 0.837. The lowest BCUT2D eigenvalue weighted by Gasteiger charge is -2.29. The number of anilines is 1. The van der Waals surface area contributed by atoms with E-state index in [1.54, 1.807) is 6.07 Å². The van der Waals surface area contributed by atoms with Crippen LogP contribution in [-0.2, 0) is 0 Å². The van der Waals surface area contributed by atoms with Gasteiger partial charge in [0.1, 0.15) is 6.17 Å². The smallest absolute Gasteiger partial charge is 0.256 e. The summed E-state index contributed by atoms with van der Waals surface area (Å²) in [6, 6.07) is 11.7. The van der Waals surface area contributed by atoms with Crippen LogP contribution in [-0.4, -0.2) is 5.91 Å². The number of carbonyl (C=O) groups is 1. The molecule has 1 heterocycles. The van der Waals surface area contributed by atoms with Gasteiger partial charge in [0.15, 0.2) is 0 Å². The third-order valence-corrected chi connectivity index (χ3v) is 3.71. The number of rotatable bonds is 1. The van der Waals surface area contributed by atoms with Crippen molar-refractivity contribution in [2.45, 2.75) is 20.0 Å². The molecule has 0 aliphatic carbocycles. The van der Waals surface area contributed by atoms with Gasteiger partial charge in [-0.1, -0.05) is 47.0 Å². The molecular weight excluding hydrogens is 272 g/mol. The van der Waals surface area contributed by atoms with Crippen molar-refractivity contribution in [2.75, 3.05) is 5.32 Å². The van der Waals surface area contributed by atoms with Gasteiger partial charge in [0, 0.05) is 0 Å². The first-order chi connectivity index (χ1) is 9.54. The van der Waals surface area contributed by atoms with Crippen LogP contribution < -0.4 is 10.6 Å². The highest BCUT2D eigenvalue weighted by Crippen LogP contribution is 2.31. The van der Waals surface area contributed by atoms with Crippen molar-refractivity contribution >= 4 is 23.2 Å². The zero-order valence-electron chi connectivity index (χ0n) is 11.3. The van der Waals surface area contributed by atoms with Crippen LogP contribution in [0.25, 0.3) is 0 Å². The maximum atomic E-state index is 12.2. The van der Waals surface area contributed by atoms with Crippen molar-refractivity contribution in [3.05, 3.63) is 63.7 Å². The number of nitrogens with one attached hydrogen (secondary N) is 2. The van der Waals surface area contributed by atoms with E-state index in [0.29, 0.717) is 10.6 Å². The number of carbonyl (C=O) groups excluding carboxylic acids is 1. The molecule has 1 aliphatic heterocycles. The predicted molar refractivity (Wildman–Crippen MR) is 81.2 cm³/mol. The number of benzene rings is 2. The molecule has 2 aromatic rings. The van der Waals surface area contributed by atoms with Crippen LogP contribution in [0.15, 0.2) is 36.4 Å². The van der Waals surface area contributed by atoms with Crippen molar-refractivity contribution < 1.29 is 4.79 Å². The van der Waals surface area contributed by atoms with Gasteiger partial charge >= 0.3 is 0 Å². The molecule has 1 atom stereocenters. The van der Waals surface area contributed by atoms with Gasteiger partial charge in [-0.05, 0) is 31.5 Å². The van der Waals surface area contributed by atoms with E-state index in [2.05, 4.69) is 28.8 Å². The zero-order chi connectivity index (χ0) is 14.3. The van der Waals surface area contributed by atoms with Crippen LogP contribution in [0.5, 0.6) is 0 Å². The Kier molecular flexibility index (Phi) is 3.14. The molecule has 2 N–H and O–H groups in total. The van der Waals surface area contributed by atoms with Crippen LogP contribution in [0, 0.1) is 13.8 Å². The van der Waals surface area contributed by atoms with Crippen LogP contribution in [0.4, 0.5) is 5.69 Å². The minimum atomic E-state index is -0.230. The number of amides is 1. The molecule has 0 radical (unpaired) electrons. The summed E-state index contributed by atoms with van der Waals surface area (Å²) >= 11 is 6.08. The molecule has 3 nitrogen and oxygen atoms in total. The minimum Gasteiger partial charge on any atom is -0.361 e. The summed E-state index contributed by atoms with van der Waals surface area (Å²) in [6.45, 7) is 4.10. The standard InChI is InChI=1S/C16H15ClN2O/c1-9-6-10(2)8-11(7-9)15-18-13-5-3-4-12(17)14(13)16(20)19-15/h3-8,15,18H,1-2H3,(H,19,20). The molecule has 0 fully saturated rings. The van der Waals surface area contributed by atoms with Gasteiger partial charge in [0.2, 0.25) is 0 Å². The third kappa shape index (κ3) is 2.25. The molecule has 0 saturated carbocycles. The molecule has 1 unspecified atom stereocenters. The van der Waals surface area contributed by atoms with E-state index in [1.165, 1.54) is 11.1 Å². The normalized spacial score (nSPS) is 17.1. The fourth-order valence-corrected chi connectivity index (χ4v) is 2.87. The van der Waals surface area contributed by atoms with Crippen LogP contribution in [0.3, 0.4) is 0 Å². The third-order valence-electron chi connectivity index (χ3n) is 3.39. The molecule has 0 saturated heterocycles. The van der Waals surface area contributed by atoms with E-state index in [1.807, 2.05) is 26.0 Å². The van der Waals surface area contributed by atoms with Crippen molar-refractivity contribution in [3.8, 4) is 0 Å². The van der Waals surface area contributed by atoms with Gasteiger partial charge in [0.05, 0.1) is 16.3 Å². The highest BCUT2D eigenvalue weighted by Gasteiger charge is 2.26. The Balaban J connectivity index is 2.01. The molecule has 3 rings (SSSR count). The Morgan fingerprint density at radius 3 is 2.45 bits per heavy atom. The Morgan fingerprint density at radius 1 is 1.05 bits per heavy atom. The maximum absolute atomic E-state index is 12.2. The van der Waals surface area contributed by atoms with E-state index < -0.39 is 0 Å². The first-order valence-electron chi connectivity index (χ1n) is 6.49. The lowest BCUT2D eigenvalue weighted by atomic mass is 10.0. The molecule has 2 aromatic carbocycles. The lowest BCUT2D eigenvalue weighted by Crippen LogP contribution is -2.38. The highest BCUT2D eigenvalue weighted by molar-refractivity contribution is 6.34.